The number of halogens is 1. The fraction of sp³-hybridized carbons (Fsp3) is 0. The summed E-state index contributed by atoms with van der Waals surface area (Å²) in [6.45, 7) is 7.45. The van der Waals surface area contributed by atoms with Gasteiger partial charge in [-0.15, -0.1) is 10.2 Å². The summed E-state index contributed by atoms with van der Waals surface area (Å²) < 4.78 is 1.27. The summed E-state index contributed by atoms with van der Waals surface area (Å²) in [5.41, 5.74) is 0.636. The number of aromatic nitrogens is 4. The number of hydrogen-bond donors (Lipinski definition) is 2. The van der Waals surface area contributed by atoms with Crippen molar-refractivity contribution >= 4 is 51.2 Å². The molecule has 10 nitrogen and oxygen atoms in total. The van der Waals surface area contributed by atoms with Crippen molar-refractivity contribution in [3.8, 4) is 11.7 Å². The Balaban J connectivity index is 1.61. The van der Waals surface area contributed by atoms with Gasteiger partial charge in [0.05, 0.1) is 18.3 Å². The van der Waals surface area contributed by atoms with Crippen LogP contribution in [0.3, 0.4) is 0 Å². The smallest absolute Gasteiger partial charge is 0.259 e. The molecule has 0 bridgehead atoms. The zero-order valence-electron chi connectivity index (χ0n) is 18.4. The van der Waals surface area contributed by atoms with Crippen LogP contribution in [-0.4, -0.2) is 30.8 Å². The first-order chi connectivity index (χ1) is 17.5. The second kappa shape index (κ2) is 9.61. The molecule has 0 aliphatic heterocycles. The van der Waals surface area contributed by atoms with E-state index in [-0.39, 0.29) is 34.5 Å². The van der Waals surface area contributed by atoms with Gasteiger partial charge in [0.2, 0.25) is 0 Å². The fourth-order valence-corrected chi connectivity index (χ4v) is 3.70. The molecule has 0 aliphatic rings. The largest absolute Gasteiger partial charge is 0.505 e. The van der Waals surface area contributed by atoms with Gasteiger partial charge < -0.3 is 10.4 Å². The van der Waals surface area contributed by atoms with Gasteiger partial charge in [0, 0.05) is 28.5 Å². The van der Waals surface area contributed by atoms with E-state index >= 15 is 0 Å². The SMILES string of the molecule is [C-]#[N+]c1cnn(-c2ncccn2)c1/N=N/c1c(O)c(C(=O)Nc2cccc(Cl)c2)cc2ccccc12. The molecule has 2 aromatic heterocycles. The average molecular weight is 495 g/mol. The molecule has 5 aromatic rings. The first kappa shape index (κ1) is 22.6. The Hall–Kier alpha value is -5.14. The second-order valence-electron chi connectivity index (χ2n) is 7.43. The van der Waals surface area contributed by atoms with E-state index in [9.17, 15) is 9.90 Å². The van der Waals surface area contributed by atoms with Crippen molar-refractivity contribution in [3.63, 3.8) is 0 Å². The highest BCUT2D eigenvalue weighted by molar-refractivity contribution is 6.31. The summed E-state index contributed by atoms with van der Waals surface area (Å²) in [6, 6.07) is 17.0. The number of fused-ring (bicyclic) bond motifs is 1. The van der Waals surface area contributed by atoms with Gasteiger partial charge in [0.1, 0.15) is 5.69 Å². The molecular weight excluding hydrogens is 480 g/mol. The molecule has 0 radical (unpaired) electrons. The zero-order chi connectivity index (χ0) is 25.1. The number of azo groups is 1. The minimum Gasteiger partial charge on any atom is -0.505 e. The normalized spacial score (nSPS) is 11.0. The fourth-order valence-electron chi connectivity index (χ4n) is 3.51. The van der Waals surface area contributed by atoms with Crippen molar-refractivity contribution in [1.82, 2.24) is 19.7 Å². The Kier molecular flexibility index (Phi) is 6.05. The molecule has 3 aromatic carbocycles. The maximum absolute atomic E-state index is 13.1. The van der Waals surface area contributed by atoms with Gasteiger partial charge in [-0.3, -0.25) is 4.79 Å². The van der Waals surface area contributed by atoms with E-state index in [1.807, 2.05) is 0 Å². The van der Waals surface area contributed by atoms with Crippen LogP contribution >= 0.6 is 11.6 Å². The standard InChI is InChI=1S/C25H15ClN8O2/c1-27-20-14-30-34(25-28-10-5-11-29-25)23(20)33-32-21-18-9-3-2-6-15(18)12-19(22(21)35)24(36)31-17-8-4-7-16(26)13-17/h2-14,35H,(H,31,36)/b33-32+. The lowest BCUT2D eigenvalue weighted by Crippen LogP contribution is -2.12. The molecule has 11 heteroatoms. The van der Waals surface area contributed by atoms with Crippen molar-refractivity contribution in [2.24, 2.45) is 10.2 Å². The third-order valence-electron chi connectivity index (χ3n) is 5.15. The molecule has 0 fully saturated rings. The Morgan fingerprint density at radius 3 is 2.64 bits per heavy atom. The summed E-state index contributed by atoms with van der Waals surface area (Å²) in [5.74, 6) is -0.650. The molecule has 174 valence electrons. The topological polar surface area (TPSA) is 122 Å². The molecule has 0 aliphatic carbocycles. The minimum atomic E-state index is -0.554. The van der Waals surface area contributed by atoms with Crippen LogP contribution in [0.1, 0.15) is 10.4 Å². The van der Waals surface area contributed by atoms with Crippen LogP contribution < -0.4 is 5.32 Å². The van der Waals surface area contributed by atoms with E-state index in [1.54, 1.807) is 60.7 Å². The number of aromatic hydroxyl groups is 1. The number of carbonyl (C=O) groups is 1. The molecule has 0 saturated heterocycles. The second-order valence-corrected chi connectivity index (χ2v) is 7.87. The number of phenols is 1. The molecule has 5 rings (SSSR count). The molecule has 2 heterocycles. The van der Waals surface area contributed by atoms with Gasteiger partial charge in [0.25, 0.3) is 17.5 Å². The zero-order valence-corrected chi connectivity index (χ0v) is 19.1. The van der Waals surface area contributed by atoms with Crippen LogP contribution in [0.4, 0.5) is 22.9 Å². The molecule has 2 N–H and O–H groups in total. The molecule has 0 spiro atoms. The molecule has 0 saturated carbocycles. The van der Waals surface area contributed by atoms with E-state index in [1.165, 1.54) is 23.3 Å². The van der Waals surface area contributed by atoms with Gasteiger partial charge in [-0.25, -0.2) is 14.8 Å². The van der Waals surface area contributed by atoms with Crippen molar-refractivity contribution in [3.05, 3.63) is 101 Å². The Bertz CT molecular complexity index is 1680. The van der Waals surface area contributed by atoms with E-state index in [0.717, 1.165) is 0 Å². The number of benzene rings is 3. The first-order valence-electron chi connectivity index (χ1n) is 10.5. The van der Waals surface area contributed by atoms with E-state index in [0.29, 0.717) is 21.5 Å². The lowest BCUT2D eigenvalue weighted by atomic mass is 10.0. The first-order valence-corrected chi connectivity index (χ1v) is 10.9. The van der Waals surface area contributed by atoms with Crippen molar-refractivity contribution < 1.29 is 9.90 Å². The quantitative estimate of drug-likeness (QED) is 0.216. The average Bonchev–Trinajstić information content (AvgIpc) is 3.31. The maximum atomic E-state index is 13.1. The lowest BCUT2D eigenvalue weighted by Gasteiger charge is -2.11. The van der Waals surface area contributed by atoms with Gasteiger partial charge in [-0.2, -0.15) is 9.78 Å². The highest BCUT2D eigenvalue weighted by atomic mass is 35.5. The van der Waals surface area contributed by atoms with Gasteiger partial charge >= 0.3 is 0 Å². The van der Waals surface area contributed by atoms with E-state index < -0.39 is 5.91 Å². The lowest BCUT2D eigenvalue weighted by molar-refractivity contribution is 0.102. The molecule has 0 unspecified atom stereocenters. The van der Waals surface area contributed by atoms with Gasteiger partial charge in [-0.1, -0.05) is 41.9 Å². The number of carbonyl (C=O) groups excluding carboxylic acids is 1. The summed E-state index contributed by atoms with van der Waals surface area (Å²) in [7, 11) is 0. The predicted octanol–water partition coefficient (Wildman–Crippen LogP) is 6.39. The Labute approximate surface area is 209 Å². The number of amides is 1. The molecule has 36 heavy (non-hydrogen) atoms. The summed E-state index contributed by atoms with van der Waals surface area (Å²) in [6.07, 6.45) is 4.39. The third-order valence-corrected chi connectivity index (χ3v) is 5.39. The van der Waals surface area contributed by atoms with Crippen LogP contribution in [0.5, 0.6) is 5.75 Å². The number of anilines is 1. The monoisotopic (exact) mass is 494 g/mol. The highest BCUT2D eigenvalue weighted by Crippen LogP contribution is 2.40. The van der Waals surface area contributed by atoms with Crippen LogP contribution in [0.15, 0.2) is 89.5 Å². The maximum Gasteiger partial charge on any atom is 0.259 e. The third kappa shape index (κ3) is 4.34. The van der Waals surface area contributed by atoms with Gasteiger partial charge in [-0.05, 0) is 35.7 Å². The van der Waals surface area contributed by atoms with E-state index in [2.05, 4.69) is 35.5 Å². The van der Waals surface area contributed by atoms with Gasteiger partial charge in [0.15, 0.2) is 11.6 Å². The molecule has 1 amide bonds. The van der Waals surface area contributed by atoms with Crippen LogP contribution in [-0.2, 0) is 0 Å². The number of phenolic OH excluding ortho intramolecular Hbond substituents is 1. The summed E-state index contributed by atoms with van der Waals surface area (Å²) >= 11 is 6.02. The predicted molar refractivity (Wildman–Crippen MR) is 135 cm³/mol. The number of hydrogen-bond acceptors (Lipinski definition) is 7. The summed E-state index contributed by atoms with van der Waals surface area (Å²) in [4.78, 5) is 24.8. The van der Waals surface area contributed by atoms with Crippen LogP contribution in [0, 0.1) is 6.57 Å². The van der Waals surface area contributed by atoms with Crippen LogP contribution in [0.25, 0.3) is 21.6 Å². The Morgan fingerprint density at radius 2 is 1.86 bits per heavy atom. The van der Waals surface area contributed by atoms with E-state index in [4.69, 9.17) is 18.2 Å². The number of rotatable bonds is 5. The van der Waals surface area contributed by atoms with Crippen LogP contribution in [0.2, 0.25) is 5.02 Å². The number of nitrogens with one attached hydrogen (secondary N) is 1. The number of nitrogens with zero attached hydrogens (tertiary/aromatic N) is 7. The molecule has 0 atom stereocenters. The van der Waals surface area contributed by atoms with Crippen molar-refractivity contribution in [1.29, 1.82) is 0 Å². The van der Waals surface area contributed by atoms with Crippen molar-refractivity contribution in [2.75, 3.05) is 5.32 Å². The Morgan fingerprint density at radius 1 is 1.06 bits per heavy atom. The summed E-state index contributed by atoms with van der Waals surface area (Å²) in [5, 5.41) is 28.1. The molecular formula is C25H15ClN8O2. The minimum absolute atomic E-state index is 0.00655. The van der Waals surface area contributed by atoms with Crippen molar-refractivity contribution in [2.45, 2.75) is 0 Å². The highest BCUT2D eigenvalue weighted by Gasteiger charge is 2.20.